The van der Waals surface area contributed by atoms with E-state index in [2.05, 4.69) is 4.98 Å². The Hall–Kier alpha value is -1.07. The molecular weight excluding hydrogens is 234 g/mol. The molecule has 17 heavy (non-hydrogen) atoms. The molecule has 0 atom stereocenters. The Balaban J connectivity index is 1.78. The summed E-state index contributed by atoms with van der Waals surface area (Å²) in [5, 5.41) is 0.898. The van der Waals surface area contributed by atoms with E-state index in [0.29, 0.717) is 5.75 Å². The van der Waals surface area contributed by atoms with Gasteiger partial charge < -0.3 is 10.6 Å². The van der Waals surface area contributed by atoms with Gasteiger partial charge in [0.05, 0.1) is 10.8 Å². The first-order chi connectivity index (χ1) is 8.25. The highest BCUT2D eigenvalue weighted by atomic mass is 32.2. The number of nitrogens with two attached hydrogens (primary N) is 1. The van der Waals surface area contributed by atoms with Gasteiger partial charge in [0.25, 0.3) is 0 Å². The molecule has 0 radical (unpaired) electrons. The van der Waals surface area contributed by atoms with Crippen LogP contribution >= 0.6 is 11.8 Å². The Morgan fingerprint density at radius 3 is 2.88 bits per heavy atom. The number of likely N-dealkylation sites (tertiary alicyclic amines) is 1. The van der Waals surface area contributed by atoms with Crippen molar-refractivity contribution in [1.82, 2.24) is 9.88 Å². The van der Waals surface area contributed by atoms with Gasteiger partial charge >= 0.3 is 0 Å². The van der Waals surface area contributed by atoms with Crippen molar-refractivity contribution in [3.63, 3.8) is 0 Å². The summed E-state index contributed by atoms with van der Waals surface area (Å²) < 4.78 is 0. The fraction of sp³-hybridized carbons (Fsp3) is 0.500. The molecule has 2 N–H and O–H groups in total. The number of hydrogen-bond donors (Lipinski definition) is 1. The van der Waals surface area contributed by atoms with Gasteiger partial charge in [0.2, 0.25) is 5.91 Å². The number of amides is 1. The first kappa shape index (κ1) is 12.4. The monoisotopic (exact) mass is 251 g/mol. The molecule has 1 amide bonds. The zero-order valence-corrected chi connectivity index (χ0v) is 10.5. The van der Waals surface area contributed by atoms with E-state index in [4.69, 9.17) is 5.73 Å². The lowest BCUT2D eigenvalue weighted by Crippen LogP contribution is -2.43. The maximum atomic E-state index is 11.9. The van der Waals surface area contributed by atoms with E-state index in [9.17, 15) is 4.79 Å². The van der Waals surface area contributed by atoms with Gasteiger partial charge in [-0.3, -0.25) is 4.79 Å². The highest BCUT2D eigenvalue weighted by molar-refractivity contribution is 7.99. The van der Waals surface area contributed by atoms with E-state index in [0.717, 1.165) is 31.0 Å². The Morgan fingerprint density at radius 2 is 2.24 bits per heavy atom. The van der Waals surface area contributed by atoms with Crippen molar-refractivity contribution in [2.24, 2.45) is 5.73 Å². The molecule has 5 heteroatoms. The molecule has 0 spiro atoms. The second-order valence-electron chi connectivity index (χ2n) is 4.17. The number of hydrogen-bond acceptors (Lipinski definition) is 4. The topological polar surface area (TPSA) is 59.2 Å². The second kappa shape index (κ2) is 6.02. The summed E-state index contributed by atoms with van der Waals surface area (Å²) >= 11 is 1.49. The molecule has 1 fully saturated rings. The molecule has 1 aliphatic heterocycles. The number of carbonyl (C=O) groups is 1. The minimum absolute atomic E-state index is 0.188. The molecule has 1 saturated heterocycles. The molecule has 2 rings (SSSR count). The number of carbonyl (C=O) groups excluding carboxylic acids is 1. The standard InChI is InChI=1S/C12H17N3OS/c13-10-4-7-15(8-5-10)12(16)9-17-11-3-1-2-6-14-11/h1-3,6,10H,4-5,7-9,13H2. The molecule has 4 nitrogen and oxygen atoms in total. The van der Waals surface area contributed by atoms with Gasteiger partial charge in [-0.05, 0) is 25.0 Å². The number of nitrogens with zero attached hydrogens (tertiary/aromatic N) is 2. The molecule has 0 aromatic carbocycles. The summed E-state index contributed by atoms with van der Waals surface area (Å²) in [5.74, 6) is 0.652. The number of aromatic nitrogens is 1. The minimum atomic E-state index is 0.188. The quantitative estimate of drug-likeness (QED) is 0.818. The summed E-state index contributed by atoms with van der Waals surface area (Å²) in [5.41, 5.74) is 5.81. The van der Waals surface area contributed by atoms with E-state index < -0.39 is 0 Å². The number of rotatable bonds is 3. The van der Waals surface area contributed by atoms with Crippen LogP contribution < -0.4 is 5.73 Å². The summed E-state index contributed by atoms with van der Waals surface area (Å²) in [6, 6.07) is 5.99. The molecule has 1 aliphatic rings. The van der Waals surface area contributed by atoms with Gasteiger partial charge in [0.15, 0.2) is 0 Å². The lowest BCUT2D eigenvalue weighted by Gasteiger charge is -2.30. The van der Waals surface area contributed by atoms with Crippen LogP contribution in [-0.2, 0) is 4.79 Å². The molecule has 92 valence electrons. The third-order valence-corrected chi connectivity index (χ3v) is 3.80. The van der Waals surface area contributed by atoms with Crippen LogP contribution in [0, 0.1) is 0 Å². The predicted molar refractivity (Wildman–Crippen MR) is 68.8 cm³/mol. The number of piperidine rings is 1. The third-order valence-electron chi connectivity index (χ3n) is 2.87. The fourth-order valence-electron chi connectivity index (χ4n) is 1.81. The molecule has 0 bridgehead atoms. The molecule has 1 aromatic heterocycles. The first-order valence-corrected chi connectivity index (χ1v) is 6.81. The van der Waals surface area contributed by atoms with Crippen molar-refractivity contribution in [3.8, 4) is 0 Å². The normalized spacial score (nSPS) is 17.1. The van der Waals surface area contributed by atoms with Crippen molar-refractivity contribution < 1.29 is 4.79 Å². The lowest BCUT2D eigenvalue weighted by atomic mass is 10.1. The largest absolute Gasteiger partial charge is 0.342 e. The van der Waals surface area contributed by atoms with Gasteiger partial charge in [0.1, 0.15) is 0 Å². The van der Waals surface area contributed by atoms with E-state index in [1.165, 1.54) is 11.8 Å². The van der Waals surface area contributed by atoms with Crippen molar-refractivity contribution >= 4 is 17.7 Å². The predicted octanol–water partition coefficient (Wildman–Crippen LogP) is 1.12. The highest BCUT2D eigenvalue weighted by Gasteiger charge is 2.20. The van der Waals surface area contributed by atoms with E-state index in [1.54, 1.807) is 6.20 Å². The number of thioether (sulfide) groups is 1. The van der Waals surface area contributed by atoms with E-state index in [-0.39, 0.29) is 11.9 Å². The smallest absolute Gasteiger partial charge is 0.232 e. The molecule has 0 saturated carbocycles. The molecule has 2 heterocycles. The summed E-state index contributed by atoms with van der Waals surface area (Å²) in [7, 11) is 0. The second-order valence-corrected chi connectivity index (χ2v) is 5.17. The van der Waals surface area contributed by atoms with Gasteiger partial charge in [-0.2, -0.15) is 0 Å². The minimum Gasteiger partial charge on any atom is -0.342 e. The Morgan fingerprint density at radius 1 is 1.47 bits per heavy atom. The van der Waals surface area contributed by atoms with Crippen LogP contribution in [0.25, 0.3) is 0 Å². The van der Waals surface area contributed by atoms with Gasteiger partial charge in [-0.1, -0.05) is 17.8 Å². The zero-order chi connectivity index (χ0) is 12.1. The van der Waals surface area contributed by atoms with Crippen LogP contribution in [0.15, 0.2) is 29.4 Å². The van der Waals surface area contributed by atoms with Crippen molar-refractivity contribution in [2.75, 3.05) is 18.8 Å². The molecule has 0 unspecified atom stereocenters. The maximum Gasteiger partial charge on any atom is 0.232 e. The van der Waals surface area contributed by atoms with Gasteiger partial charge in [-0.15, -0.1) is 0 Å². The average Bonchev–Trinajstić information content (AvgIpc) is 2.38. The van der Waals surface area contributed by atoms with Crippen molar-refractivity contribution in [1.29, 1.82) is 0 Å². The van der Waals surface area contributed by atoms with Crippen molar-refractivity contribution in [3.05, 3.63) is 24.4 Å². The highest BCUT2D eigenvalue weighted by Crippen LogP contribution is 2.16. The van der Waals surface area contributed by atoms with Gasteiger partial charge in [0, 0.05) is 25.3 Å². The average molecular weight is 251 g/mol. The summed E-state index contributed by atoms with van der Waals surface area (Å²) in [4.78, 5) is 18.0. The summed E-state index contributed by atoms with van der Waals surface area (Å²) in [6.45, 7) is 1.59. The van der Waals surface area contributed by atoms with Crippen LogP contribution in [0.3, 0.4) is 0 Å². The van der Waals surface area contributed by atoms with Crippen LogP contribution in [-0.4, -0.2) is 40.7 Å². The van der Waals surface area contributed by atoms with E-state index in [1.807, 2.05) is 23.1 Å². The van der Waals surface area contributed by atoms with E-state index >= 15 is 0 Å². The zero-order valence-electron chi connectivity index (χ0n) is 9.71. The summed E-state index contributed by atoms with van der Waals surface area (Å²) in [6.07, 6.45) is 3.58. The van der Waals surface area contributed by atoms with Crippen LogP contribution in [0.4, 0.5) is 0 Å². The van der Waals surface area contributed by atoms with Crippen LogP contribution in [0.2, 0.25) is 0 Å². The fourth-order valence-corrected chi connectivity index (χ4v) is 2.57. The Kier molecular flexibility index (Phi) is 4.39. The molecular formula is C12H17N3OS. The maximum absolute atomic E-state index is 11.9. The third kappa shape index (κ3) is 3.71. The van der Waals surface area contributed by atoms with Crippen LogP contribution in [0.5, 0.6) is 0 Å². The van der Waals surface area contributed by atoms with Gasteiger partial charge in [-0.25, -0.2) is 4.98 Å². The lowest BCUT2D eigenvalue weighted by molar-refractivity contribution is -0.129. The van der Waals surface area contributed by atoms with Crippen LogP contribution in [0.1, 0.15) is 12.8 Å². The van der Waals surface area contributed by atoms with Crippen molar-refractivity contribution in [2.45, 2.75) is 23.9 Å². The Bertz CT molecular complexity index is 363. The molecule has 0 aliphatic carbocycles. The number of pyridine rings is 1. The first-order valence-electron chi connectivity index (χ1n) is 5.83. The molecule has 1 aromatic rings. The Labute approximate surface area is 106 Å². The SMILES string of the molecule is NC1CCN(C(=O)CSc2ccccn2)CC1.